The van der Waals surface area contributed by atoms with Crippen LogP contribution in [0.5, 0.6) is 5.75 Å². The molecule has 0 heterocycles. The minimum absolute atomic E-state index is 0.130. The molecular weight excluding hydrogens is 202 g/mol. The Bertz CT molecular complexity index is 346. The van der Waals surface area contributed by atoms with Crippen molar-refractivity contribution in [2.45, 2.75) is 6.92 Å². The molecular formula is C10H10ClNO2. The molecule has 0 radical (unpaired) electrons. The van der Waals surface area contributed by atoms with E-state index in [0.29, 0.717) is 22.9 Å². The molecule has 0 aliphatic rings. The van der Waals surface area contributed by atoms with Gasteiger partial charge in [0.1, 0.15) is 17.4 Å². The zero-order chi connectivity index (χ0) is 10.4. The second-order valence-corrected chi connectivity index (χ2v) is 2.89. The van der Waals surface area contributed by atoms with Crippen molar-refractivity contribution < 1.29 is 9.47 Å². The summed E-state index contributed by atoms with van der Waals surface area (Å²) >= 11 is 5.80. The van der Waals surface area contributed by atoms with E-state index in [1.807, 2.05) is 13.0 Å². The molecule has 0 amide bonds. The van der Waals surface area contributed by atoms with Crippen LogP contribution >= 0.6 is 11.6 Å². The van der Waals surface area contributed by atoms with Crippen LogP contribution in [0.25, 0.3) is 0 Å². The first-order valence-corrected chi connectivity index (χ1v) is 4.56. The highest BCUT2D eigenvalue weighted by Gasteiger charge is 2.06. The highest BCUT2D eigenvalue weighted by molar-refractivity contribution is 6.31. The maximum Gasteiger partial charge on any atom is 0.189 e. The van der Waals surface area contributed by atoms with Crippen molar-refractivity contribution in [3.8, 4) is 11.8 Å². The first-order chi connectivity index (χ1) is 6.79. The van der Waals surface area contributed by atoms with Crippen molar-refractivity contribution in [1.82, 2.24) is 0 Å². The summed E-state index contributed by atoms with van der Waals surface area (Å²) in [5, 5.41) is 9.19. The van der Waals surface area contributed by atoms with Gasteiger partial charge >= 0.3 is 0 Å². The molecule has 1 rings (SSSR count). The highest BCUT2D eigenvalue weighted by Crippen LogP contribution is 2.25. The third-order valence-corrected chi connectivity index (χ3v) is 1.90. The van der Waals surface area contributed by atoms with Gasteiger partial charge in [-0.25, -0.2) is 0 Å². The summed E-state index contributed by atoms with van der Waals surface area (Å²) in [7, 11) is 0. The Morgan fingerprint density at radius 2 is 2.29 bits per heavy atom. The van der Waals surface area contributed by atoms with E-state index in [-0.39, 0.29) is 6.79 Å². The van der Waals surface area contributed by atoms with Crippen LogP contribution in [0.3, 0.4) is 0 Å². The fraction of sp³-hybridized carbons (Fsp3) is 0.300. The third kappa shape index (κ3) is 2.63. The predicted octanol–water partition coefficient (Wildman–Crippen LogP) is 2.58. The van der Waals surface area contributed by atoms with E-state index in [1.165, 1.54) is 0 Å². The topological polar surface area (TPSA) is 42.2 Å². The van der Waals surface area contributed by atoms with E-state index in [9.17, 15) is 0 Å². The van der Waals surface area contributed by atoms with Crippen molar-refractivity contribution in [2.75, 3.05) is 13.4 Å². The Balaban J connectivity index is 2.76. The SMILES string of the molecule is CCOCOc1cccc(Cl)c1C#N. The lowest BCUT2D eigenvalue weighted by Crippen LogP contribution is -2.03. The van der Waals surface area contributed by atoms with E-state index >= 15 is 0 Å². The number of halogens is 1. The monoisotopic (exact) mass is 211 g/mol. The number of hydrogen-bond donors (Lipinski definition) is 0. The molecule has 0 unspecified atom stereocenters. The van der Waals surface area contributed by atoms with Gasteiger partial charge in [0.05, 0.1) is 5.02 Å². The molecule has 1 aromatic rings. The van der Waals surface area contributed by atoms with E-state index in [2.05, 4.69) is 0 Å². The summed E-state index contributed by atoms with van der Waals surface area (Å²) in [6.07, 6.45) is 0. The summed E-state index contributed by atoms with van der Waals surface area (Å²) in [5.41, 5.74) is 0.342. The highest BCUT2D eigenvalue weighted by atomic mass is 35.5. The maximum atomic E-state index is 8.80. The lowest BCUT2D eigenvalue weighted by atomic mass is 10.2. The average molecular weight is 212 g/mol. The molecule has 14 heavy (non-hydrogen) atoms. The van der Waals surface area contributed by atoms with Crippen LogP contribution in [0.1, 0.15) is 12.5 Å². The molecule has 0 bridgehead atoms. The van der Waals surface area contributed by atoms with Crippen LogP contribution in [-0.4, -0.2) is 13.4 Å². The predicted molar refractivity (Wildman–Crippen MR) is 53.3 cm³/mol. The van der Waals surface area contributed by atoms with Crippen LogP contribution < -0.4 is 4.74 Å². The smallest absolute Gasteiger partial charge is 0.189 e. The first kappa shape index (κ1) is 10.8. The molecule has 4 heteroatoms. The van der Waals surface area contributed by atoms with Gasteiger partial charge in [-0.15, -0.1) is 0 Å². The van der Waals surface area contributed by atoms with Crippen molar-refractivity contribution in [1.29, 1.82) is 5.26 Å². The lowest BCUT2D eigenvalue weighted by molar-refractivity contribution is 0.0222. The van der Waals surface area contributed by atoms with Gasteiger partial charge < -0.3 is 9.47 Å². The number of benzene rings is 1. The van der Waals surface area contributed by atoms with Crippen LogP contribution in [0.2, 0.25) is 5.02 Å². The molecule has 0 saturated heterocycles. The molecule has 0 saturated carbocycles. The second-order valence-electron chi connectivity index (χ2n) is 2.48. The van der Waals surface area contributed by atoms with Crippen molar-refractivity contribution >= 4 is 11.6 Å². The normalized spacial score (nSPS) is 9.50. The van der Waals surface area contributed by atoms with E-state index in [1.54, 1.807) is 18.2 Å². The fourth-order valence-electron chi connectivity index (χ4n) is 0.922. The number of rotatable bonds is 4. The van der Waals surface area contributed by atoms with Gasteiger partial charge in [0.2, 0.25) is 0 Å². The molecule has 0 spiro atoms. The van der Waals surface area contributed by atoms with Gasteiger partial charge in [0, 0.05) is 6.61 Å². The molecule has 0 aliphatic carbocycles. The van der Waals surface area contributed by atoms with Gasteiger partial charge in [-0.2, -0.15) is 5.26 Å². The number of hydrogen-bond acceptors (Lipinski definition) is 3. The summed E-state index contributed by atoms with van der Waals surface area (Å²) in [4.78, 5) is 0. The number of nitriles is 1. The van der Waals surface area contributed by atoms with Crippen LogP contribution in [0.15, 0.2) is 18.2 Å². The Kier molecular flexibility index (Phi) is 4.24. The second kappa shape index (κ2) is 5.48. The Hall–Kier alpha value is -1.24. The van der Waals surface area contributed by atoms with E-state index < -0.39 is 0 Å². The minimum Gasteiger partial charge on any atom is -0.466 e. The molecule has 0 aromatic heterocycles. The molecule has 74 valence electrons. The largest absolute Gasteiger partial charge is 0.466 e. The minimum atomic E-state index is 0.130. The van der Waals surface area contributed by atoms with Crippen LogP contribution in [0.4, 0.5) is 0 Å². The van der Waals surface area contributed by atoms with E-state index in [0.717, 1.165) is 0 Å². The summed E-state index contributed by atoms with van der Waals surface area (Å²) in [6, 6.07) is 7.04. The Morgan fingerprint density at radius 1 is 1.50 bits per heavy atom. The maximum absolute atomic E-state index is 8.80. The molecule has 0 atom stereocenters. The Labute approximate surface area is 87.8 Å². The lowest BCUT2D eigenvalue weighted by Gasteiger charge is -2.07. The molecule has 1 aromatic carbocycles. The summed E-state index contributed by atoms with van der Waals surface area (Å²) < 4.78 is 10.2. The molecule has 3 nitrogen and oxygen atoms in total. The quantitative estimate of drug-likeness (QED) is 0.568. The van der Waals surface area contributed by atoms with Crippen LogP contribution in [-0.2, 0) is 4.74 Å². The summed E-state index contributed by atoms with van der Waals surface area (Å²) in [5.74, 6) is 0.452. The average Bonchev–Trinajstić information content (AvgIpc) is 2.18. The van der Waals surface area contributed by atoms with Gasteiger partial charge in [-0.1, -0.05) is 17.7 Å². The third-order valence-electron chi connectivity index (χ3n) is 1.59. The van der Waals surface area contributed by atoms with Crippen LogP contribution in [0, 0.1) is 11.3 Å². The Morgan fingerprint density at radius 3 is 2.93 bits per heavy atom. The summed E-state index contributed by atoms with van der Waals surface area (Å²) in [6.45, 7) is 2.57. The molecule has 0 N–H and O–H groups in total. The van der Waals surface area contributed by atoms with Gasteiger partial charge in [-0.05, 0) is 19.1 Å². The fourth-order valence-corrected chi connectivity index (χ4v) is 1.13. The van der Waals surface area contributed by atoms with Gasteiger partial charge in [-0.3, -0.25) is 0 Å². The van der Waals surface area contributed by atoms with Gasteiger partial charge in [0.15, 0.2) is 6.79 Å². The van der Waals surface area contributed by atoms with E-state index in [4.69, 9.17) is 26.3 Å². The molecule has 0 fully saturated rings. The molecule has 0 aliphatic heterocycles. The van der Waals surface area contributed by atoms with Crippen molar-refractivity contribution in [3.05, 3.63) is 28.8 Å². The van der Waals surface area contributed by atoms with Crippen molar-refractivity contribution in [2.24, 2.45) is 0 Å². The number of ether oxygens (including phenoxy) is 2. The standard InChI is InChI=1S/C10H10ClNO2/c1-2-13-7-14-10-5-3-4-9(11)8(10)6-12/h3-5H,2,7H2,1H3. The number of nitrogens with zero attached hydrogens (tertiary/aromatic N) is 1. The first-order valence-electron chi connectivity index (χ1n) is 4.18. The van der Waals surface area contributed by atoms with Gasteiger partial charge in [0.25, 0.3) is 0 Å². The van der Waals surface area contributed by atoms with Crippen molar-refractivity contribution in [3.63, 3.8) is 0 Å². The zero-order valence-electron chi connectivity index (χ0n) is 7.79. The zero-order valence-corrected chi connectivity index (χ0v) is 8.54.